The molecule has 0 radical (unpaired) electrons. The standard InChI is InChI=1S/C21H25BrN2O9S/c1-10(25)29-9-16-17(30-11(2)26)18(31-12(3)27)19(32-13(4)28)20(33-16)24-21(34)23-15-8-6-5-7-14(15)22/h5-8,16-20H,9H2,1-4H3,(H2,23,24,34)/t16-,17-,18+,19-,20+/m0/s1. The van der Waals surface area contributed by atoms with Crippen molar-refractivity contribution in [2.45, 2.75) is 58.3 Å². The van der Waals surface area contributed by atoms with Gasteiger partial charge in [-0.2, -0.15) is 0 Å². The maximum atomic E-state index is 11.9. The Morgan fingerprint density at radius 1 is 0.912 bits per heavy atom. The fraction of sp³-hybridized carbons (Fsp3) is 0.476. The van der Waals surface area contributed by atoms with Crippen molar-refractivity contribution >= 4 is 62.8 Å². The lowest BCUT2D eigenvalue weighted by atomic mass is 9.97. The van der Waals surface area contributed by atoms with Gasteiger partial charge >= 0.3 is 23.9 Å². The summed E-state index contributed by atoms with van der Waals surface area (Å²) >= 11 is 8.77. The van der Waals surface area contributed by atoms with Crippen LogP contribution in [-0.4, -0.2) is 66.2 Å². The maximum absolute atomic E-state index is 11.9. The molecule has 0 bridgehead atoms. The lowest BCUT2D eigenvalue weighted by molar-refractivity contribution is -0.254. The first-order valence-corrected chi connectivity index (χ1v) is 11.3. The Morgan fingerprint density at radius 2 is 1.47 bits per heavy atom. The molecular weight excluding hydrogens is 536 g/mol. The number of rotatable bonds is 7. The second-order valence-corrected chi connectivity index (χ2v) is 8.46. The van der Waals surface area contributed by atoms with E-state index in [1.54, 1.807) is 18.2 Å². The van der Waals surface area contributed by atoms with Gasteiger partial charge in [0.25, 0.3) is 0 Å². The molecular formula is C21H25BrN2O9S. The van der Waals surface area contributed by atoms with Crippen LogP contribution in [0.2, 0.25) is 0 Å². The Morgan fingerprint density at radius 3 is 2.03 bits per heavy atom. The molecule has 0 aliphatic carbocycles. The van der Waals surface area contributed by atoms with Crippen molar-refractivity contribution in [2.24, 2.45) is 0 Å². The van der Waals surface area contributed by atoms with E-state index in [9.17, 15) is 19.2 Å². The first kappa shape index (κ1) is 27.5. The molecule has 0 unspecified atom stereocenters. The van der Waals surface area contributed by atoms with Crippen LogP contribution in [0.5, 0.6) is 0 Å². The van der Waals surface area contributed by atoms with Crippen molar-refractivity contribution in [3.63, 3.8) is 0 Å². The minimum atomic E-state index is -1.29. The van der Waals surface area contributed by atoms with Crippen molar-refractivity contribution in [1.82, 2.24) is 5.32 Å². The second kappa shape index (κ2) is 12.6. The summed E-state index contributed by atoms with van der Waals surface area (Å²) in [4.78, 5) is 46.9. The quantitative estimate of drug-likeness (QED) is 0.285. The van der Waals surface area contributed by atoms with Crippen LogP contribution in [0.4, 0.5) is 5.69 Å². The summed E-state index contributed by atoms with van der Waals surface area (Å²) < 4.78 is 27.8. The fourth-order valence-electron chi connectivity index (χ4n) is 3.19. The van der Waals surface area contributed by atoms with E-state index in [2.05, 4.69) is 26.6 Å². The summed E-state index contributed by atoms with van der Waals surface area (Å²) in [5.41, 5.74) is 0.644. The van der Waals surface area contributed by atoms with Crippen LogP contribution in [0.1, 0.15) is 27.7 Å². The van der Waals surface area contributed by atoms with Crippen molar-refractivity contribution in [2.75, 3.05) is 11.9 Å². The largest absolute Gasteiger partial charge is 0.463 e. The van der Waals surface area contributed by atoms with E-state index < -0.39 is 54.5 Å². The number of benzene rings is 1. The molecule has 186 valence electrons. The molecule has 11 nitrogen and oxygen atoms in total. The predicted octanol–water partition coefficient (Wildman–Crippen LogP) is 1.82. The second-order valence-electron chi connectivity index (χ2n) is 7.20. The zero-order valence-electron chi connectivity index (χ0n) is 18.9. The maximum Gasteiger partial charge on any atom is 0.303 e. The van der Waals surface area contributed by atoms with Gasteiger partial charge in [0, 0.05) is 32.2 Å². The summed E-state index contributed by atoms with van der Waals surface area (Å²) in [6, 6.07) is 7.19. The molecule has 1 aromatic rings. The summed E-state index contributed by atoms with van der Waals surface area (Å²) in [6.45, 7) is 4.32. The molecule has 0 aromatic heterocycles. The Balaban J connectivity index is 2.37. The number of hydrogen-bond acceptors (Lipinski definition) is 10. The third kappa shape index (κ3) is 8.22. The molecule has 2 rings (SSSR count). The molecule has 1 aliphatic rings. The van der Waals surface area contributed by atoms with Crippen LogP contribution in [0.3, 0.4) is 0 Å². The van der Waals surface area contributed by atoms with Crippen molar-refractivity contribution in [1.29, 1.82) is 0 Å². The van der Waals surface area contributed by atoms with Gasteiger partial charge in [-0.25, -0.2) is 0 Å². The van der Waals surface area contributed by atoms with Gasteiger partial charge < -0.3 is 34.3 Å². The lowest BCUT2D eigenvalue weighted by Gasteiger charge is -2.44. The van der Waals surface area contributed by atoms with Gasteiger partial charge in [0.1, 0.15) is 12.7 Å². The molecule has 13 heteroatoms. The number of carbonyl (C=O) groups is 4. The van der Waals surface area contributed by atoms with Crippen molar-refractivity contribution in [3.05, 3.63) is 28.7 Å². The summed E-state index contributed by atoms with van der Waals surface area (Å²) in [5, 5.41) is 5.93. The highest BCUT2D eigenvalue weighted by atomic mass is 79.9. The Kier molecular flexibility index (Phi) is 10.2. The van der Waals surface area contributed by atoms with Gasteiger partial charge in [-0.05, 0) is 40.3 Å². The number of nitrogens with one attached hydrogen (secondary N) is 2. The van der Waals surface area contributed by atoms with Crippen LogP contribution < -0.4 is 10.6 Å². The molecule has 1 heterocycles. The average Bonchev–Trinajstić information content (AvgIpc) is 2.71. The third-order valence-electron chi connectivity index (χ3n) is 4.39. The molecule has 1 fully saturated rings. The van der Waals surface area contributed by atoms with E-state index in [1.807, 2.05) is 6.07 Å². The Labute approximate surface area is 209 Å². The molecule has 34 heavy (non-hydrogen) atoms. The fourth-order valence-corrected chi connectivity index (χ4v) is 3.80. The van der Waals surface area contributed by atoms with Crippen LogP contribution in [-0.2, 0) is 42.9 Å². The summed E-state index contributed by atoms with van der Waals surface area (Å²) in [7, 11) is 0. The molecule has 1 aliphatic heterocycles. The van der Waals surface area contributed by atoms with E-state index in [0.29, 0.717) is 5.69 Å². The van der Waals surface area contributed by atoms with Gasteiger partial charge in [0.05, 0.1) is 5.69 Å². The molecule has 5 atom stereocenters. The van der Waals surface area contributed by atoms with Crippen LogP contribution in [0.15, 0.2) is 28.7 Å². The van der Waals surface area contributed by atoms with Gasteiger partial charge in [0.2, 0.25) is 0 Å². The topological polar surface area (TPSA) is 138 Å². The van der Waals surface area contributed by atoms with E-state index in [1.165, 1.54) is 6.92 Å². The number of ether oxygens (including phenoxy) is 5. The predicted molar refractivity (Wildman–Crippen MR) is 125 cm³/mol. The monoisotopic (exact) mass is 560 g/mol. The highest BCUT2D eigenvalue weighted by molar-refractivity contribution is 9.10. The Hall–Kier alpha value is -2.77. The van der Waals surface area contributed by atoms with Gasteiger partial charge in [-0.1, -0.05) is 12.1 Å². The SMILES string of the molecule is CC(=O)OC[C@@H]1O[C@@H](NC(=S)Nc2ccccc2Br)[C@@H](OC(C)=O)[C@H](OC(C)=O)[C@H]1OC(C)=O. The number of para-hydroxylation sites is 1. The highest BCUT2D eigenvalue weighted by Crippen LogP contribution is 2.29. The molecule has 0 spiro atoms. The van der Waals surface area contributed by atoms with Gasteiger partial charge in [-0.3, -0.25) is 19.2 Å². The first-order valence-electron chi connectivity index (χ1n) is 10.1. The van der Waals surface area contributed by atoms with Crippen molar-refractivity contribution in [3.8, 4) is 0 Å². The van der Waals surface area contributed by atoms with Crippen LogP contribution in [0.25, 0.3) is 0 Å². The third-order valence-corrected chi connectivity index (χ3v) is 5.30. The normalized spacial score (nSPS) is 23.7. The minimum absolute atomic E-state index is 0.0906. The van der Waals surface area contributed by atoms with E-state index in [-0.39, 0.29) is 11.7 Å². The summed E-state index contributed by atoms with van der Waals surface area (Å²) in [5.74, 6) is -2.74. The van der Waals surface area contributed by atoms with E-state index in [4.69, 9.17) is 35.9 Å². The molecule has 0 saturated carbocycles. The first-order chi connectivity index (χ1) is 16.0. The summed E-state index contributed by atoms with van der Waals surface area (Å²) in [6.07, 6.45) is -6.04. The molecule has 1 aromatic carbocycles. The van der Waals surface area contributed by atoms with Crippen molar-refractivity contribution < 1.29 is 42.9 Å². The van der Waals surface area contributed by atoms with Crippen LogP contribution >= 0.6 is 28.1 Å². The highest BCUT2D eigenvalue weighted by Gasteiger charge is 2.52. The smallest absolute Gasteiger partial charge is 0.303 e. The van der Waals surface area contributed by atoms with Gasteiger partial charge in [-0.15, -0.1) is 0 Å². The minimum Gasteiger partial charge on any atom is -0.463 e. The number of carbonyl (C=O) groups excluding carboxylic acids is 4. The lowest BCUT2D eigenvalue weighted by Crippen LogP contribution is -2.66. The van der Waals surface area contributed by atoms with Gasteiger partial charge in [0.15, 0.2) is 29.7 Å². The average molecular weight is 561 g/mol. The zero-order valence-corrected chi connectivity index (χ0v) is 21.3. The molecule has 0 amide bonds. The molecule has 2 N–H and O–H groups in total. The molecule has 1 saturated heterocycles. The number of anilines is 1. The van der Waals surface area contributed by atoms with E-state index in [0.717, 1.165) is 25.2 Å². The zero-order chi connectivity index (χ0) is 25.4. The number of thiocarbonyl (C=S) groups is 1. The number of esters is 4. The Bertz CT molecular complexity index is 945. The number of hydrogen-bond donors (Lipinski definition) is 2. The van der Waals surface area contributed by atoms with E-state index >= 15 is 0 Å². The van der Waals surface area contributed by atoms with Crippen LogP contribution in [0, 0.1) is 0 Å². The number of halogens is 1.